The third-order valence-corrected chi connectivity index (χ3v) is 3.85. The van der Waals surface area contributed by atoms with Gasteiger partial charge in [0.15, 0.2) is 17.9 Å². The van der Waals surface area contributed by atoms with Gasteiger partial charge in [-0.2, -0.15) is 4.98 Å². The highest BCUT2D eigenvalue weighted by Gasteiger charge is 2.42. The van der Waals surface area contributed by atoms with E-state index in [0.29, 0.717) is 0 Å². The summed E-state index contributed by atoms with van der Waals surface area (Å²) in [5, 5.41) is 21.7. The summed E-state index contributed by atoms with van der Waals surface area (Å²) in [6.07, 6.45) is -2.21. The Kier molecular flexibility index (Phi) is 3.71. The number of halogens is 1. The topological polar surface area (TPSA) is 114 Å². The number of nitrogens with one attached hydrogen (secondary N) is 1. The van der Waals surface area contributed by atoms with Gasteiger partial charge in [-0.05, 0) is 19.8 Å². The molecule has 120 valence electrons. The second-order valence-corrected chi connectivity index (χ2v) is 5.60. The van der Waals surface area contributed by atoms with E-state index >= 15 is 0 Å². The summed E-state index contributed by atoms with van der Waals surface area (Å²) < 4.78 is 20.0. The van der Waals surface area contributed by atoms with Gasteiger partial charge in [-0.15, -0.1) is 0 Å². The van der Waals surface area contributed by atoms with Crippen molar-refractivity contribution in [1.29, 1.82) is 0 Å². The molecule has 9 heteroatoms. The Balaban J connectivity index is 1.86. The first-order valence-corrected chi connectivity index (χ1v) is 6.99. The van der Waals surface area contributed by atoms with Crippen LogP contribution < -0.4 is 11.0 Å². The normalized spacial score (nSPS) is 31.3. The van der Waals surface area contributed by atoms with Gasteiger partial charge in [0, 0.05) is 5.92 Å². The highest BCUT2D eigenvalue weighted by molar-refractivity contribution is 5.93. The molecule has 2 aliphatic rings. The molecule has 2 fully saturated rings. The third-order valence-electron chi connectivity index (χ3n) is 3.85. The molecular formula is C13H16FN3O5. The van der Waals surface area contributed by atoms with Crippen LogP contribution in [0.4, 0.5) is 10.2 Å². The second kappa shape index (κ2) is 5.41. The summed E-state index contributed by atoms with van der Waals surface area (Å²) >= 11 is 0. The fourth-order valence-corrected chi connectivity index (χ4v) is 2.34. The molecular weight excluding hydrogens is 297 g/mol. The van der Waals surface area contributed by atoms with Crippen LogP contribution in [-0.2, 0) is 9.53 Å². The molecule has 1 aromatic heterocycles. The molecule has 0 unspecified atom stereocenters. The smallest absolute Gasteiger partial charge is 0.351 e. The Morgan fingerprint density at radius 2 is 2.14 bits per heavy atom. The summed E-state index contributed by atoms with van der Waals surface area (Å²) in [5.74, 6) is -1.89. The molecule has 4 atom stereocenters. The lowest BCUT2D eigenvalue weighted by atomic mass is 10.1. The minimum Gasteiger partial charge on any atom is -0.388 e. The van der Waals surface area contributed by atoms with Crippen molar-refractivity contribution >= 4 is 11.7 Å². The standard InChI is InChI=1S/C13H16FN3O5/c1-5-8(18)9(19)12(22-5)17-4-7(14)10(16-13(17)21)15-11(20)6-2-3-6/h4-6,8-9,12,18-19H,2-3H2,1H3,(H,15,16,20,21)/t5-,8-,9-,12-/m1/s1. The van der Waals surface area contributed by atoms with Crippen LogP contribution in [0.2, 0.25) is 0 Å². The molecule has 3 rings (SSSR count). The molecule has 0 radical (unpaired) electrons. The number of rotatable bonds is 3. The van der Waals surface area contributed by atoms with Crippen molar-refractivity contribution in [3.05, 3.63) is 22.5 Å². The minimum atomic E-state index is -1.37. The first kappa shape index (κ1) is 15.1. The lowest BCUT2D eigenvalue weighted by Gasteiger charge is -2.17. The van der Waals surface area contributed by atoms with E-state index < -0.39 is 41.9 Å². The number of carbonyl (C=O) groups excluding carboxylic acids is 1. The predicted molar refractivity (Wildman–Crippen MR) is 71.4 cm³/mol. The molecule has 3 N–H and O–H groups in total. The van der Waals surface area contributed by atoms with E-state index in [0.717, 1.165) is 23.6 Å². The van der Waals surface area contributed by atoms with E-state index in [1.165, 1.54) is 6.92 Å². The SMILES string of the molecule is C[C@H]1O[C@@H](n2cc(F)c(NC(=O)C3CC3)nc2=O)[C@H](O)[C@@H]1O. The molecule has 1 saturated heterocycles. The molecule has 1 aliphatic heterocycles. The quantitative estimate of drug-likeness (QED) is 0.685. The van der Waals surface area contributed by atoms with Crippen LogP contribution in [-0.4, -0.2) is 44.0 Å². The first-order chi connectivity index (χ1) is 10.4. The van der Waals surface area contributed by atoms with Crippen LogP contribution in [0.1, 0.15) is 26.0 Å². The lowest BCUT2D eigenvalue weighted by Crippen LogP contribution is -2.36. The van der Waals surface area contributed by atoms with Crippen molar-refractivity contribution in [2.24, 2.45) is 5.92 Å². The Morgan fingerprint density at radius 3 is 2.68 bits per heavy atom. The van der Waals surface area contributed by atoms with Gasteiger partial charge in [0.25, 0.3) is 0 Å². The fraction of sp³-hybridized carbons (Fsp3) is 0.615. The van der Waals surface area contributed by atoms with Crippen LogP contribution >= 0.6 is 0 Å². The number of aromatic nitrogens is 2. The molecule has 8 nitrogen and oxygen atoms in total. The van der Waals surface area contributed by atoms with Crippen molar-refractivity contribution < 1.29 is 24.1 Å². The maximum absolute atomic E-state index is 14.0. The molecule has 1 aromatic rings. The fourth-order valence-electron chi connectivity index (χ4n) is 2.34. The zero-order valence-electron chi connectivity index (χ0n) is 11.8. The average molecular weight is 313 g/mol. The average Bonchev–Trinajstić information content (AvgIpc) is 3.28. The van der Waals surface area contributed by atoms with Gasteiger partial charge in [0.05, 0.1) is 12.3 Å². The monoisotopic (exact) mass is 313 g/mol. The maximum Gasteiger partial charge on any atom is 0.351 e. The number of carbonyl (C=O) groups is 1. The Bertz CT molecular complexity index is 660. The van der Waals surface area contributed by atoms with Crippen LogP contribution in [0.25, 0.3) is 0 Å². The van der Waals surface area contributed by atoms with Gasteiger partial charge in [-0.1, -0.05) is 0 Å². The molecule has 0 bridgehead atoms. The van der Waals surface area contributed by atoms with E-state index in [1.807, 2.05) is 0 Å². The third kappa shape index (κ3) is 2.62. The van der Waals surface area contributed by atoms with Crippen molar-refractivity contribution in [3.63, 3.8) is 0 Å². The van der Waals surface area contributed by atoms with Gasteiger partial charge in [-0.3, -0.25) is 9.36 Å². The van der Waals surface area contributed by atoms with Crippen LogP contribution in [0.15, 0.2) is 11.0 Å². The number of amides is 1. The van der Waals surface area contributed by atoms with E-state index in [1.54, 1.807) is 0 Å². The van der Waals surface area contributed by atoms with Crippen LogP contribution in [0.3, 0.4) is 0 Å². The lowest BCUT2D eigenvalue weighted by molar-refractivity contribution is -0.117. The highest BCUT2D eigenvalue weighted by atomic mass is 19.1. The van der Waals surface area contributed by atoms with Gasteiger partial charge < -0.3 is 20.3 Å². The molecule has 22 heavy (non-hydrogen) atoms. The molecule has 0 aromatic carbocycles. The number of hydrogen-bond acceptors (Lipinski definition) is 6. The van der Waals surface area contributed by atoms with Crippen molar-refractivity contribution in [2.75, 3.05) is 5.32 Å². The van der Waals surface area contributed by atoms with Crippen LogP contribution in [0, 0.1) is 11.7 Å². The van der Waals surface area contributed by atoms with Gasteiger partial charge in [0.1, 0.15) is 12.2 Å². The minimum absolute atomic E-state index is 0.153. The molecule has 0 spiro atoms. The molecule has 1 saturated carbocycles. The van der Waals surface area contributed by atoms with Crippen molar-refractivity contribution in [1.82, 2.24) is 9.55 Å². The van der Waals surface area contributed by atoms with E-state index in [9.17, 15) is 24.2 Å². The van der Waals surface area contributed by atoms with E-state index in [-0.39, 0.29) is 11.8 Å². The first-order valence-electron chi connectivity index (χ1n) is 6.99. The molecule has 2 heterocycles. The van der Waals surface area contributed by atoms with Gasteiger partial charge in [0.2, 0.25) is 5.91 Å². The predicted octanol–water partition coefficient (Wildman–Crippen LogP) is -0.630. The zero-order chi connectivity index (χ0) is 16.0. The summed E-state index contributed by atoms with van der Waals surface area (Å²) in [4.78, 5) is 27.0. The Morgan fingerprint density at radius 1 is 1.45 bits per heavy atom. The summed E-state index contributed by atoms with van der Waals surface area (Å²) in [7, 11) is 0. The zero-order valence-corrected chi connectivity index (χ0v) is 11.8. The number of aliphatic hydroxyl groups excluding tert-OH is 2. The Hall–Kier alpha value is -1.84. The van der Waals surface area contributed by atoms with Gasteiger partial charge >= 0.3 is 5.69 Å². The summed E-state index contributed by atoms with van der Waals surface area (Å²) in [6, 6.07) is 0. The maximum atomic E-state index is 14.0. The number of anilines is 1. The van der Waals surface area contributed by atoms with Crippen molar-refractivity contribution in [2.45, 2.75) is 44.3 Å². The van der Waals surface area contributed by atoms with E-state index in [2.05, 4.69) is 10.3 Å². The molecule has 1 aliphatic carbocycles. The summed E-state index contributed by atoms with van der Waals surface area (Å²) in [6.45, 7) is 1.52. The molecule has 1 amide bonds. The summed E-state index contributed by atoms with van der Waals surface area (Å²) in [5.41, 5.74) is -0.891. The van der Waals surface area contributed by atoms with E-state index in [4.69, 9.17) is 4.74 Å². The second-order valence-electron chi connectivity index (χ2n) is 5.60. The number of nitrogens with zero attached hydrogens (tertiary/aromatic N) is 2. The van der Waals surface area contributed by atoms with Gasteiger partial charge in [-0.25, -0.2) is 9.18 Å². The van der Waals surface area contributed by atoms with Crippen molar-refractivity contribution in [3.8, 4) is 0 Å². The number of ether oxygens (including phenoxy) is 1. The van der Waals surface area contributed by atoms with Crippen LogP contribution in [0.5, 0.6) is 0 Å². The largest absolute Gasteiger partial charge is 0.388 e. The number of hydrogen-bond donors (Lipinski definition) is 3. The number of aliphatic hydroxyl groups is 2. The Labute approximate surface area is 124 Å². The highest BCUT2D eigenvalue weighted by Crippen LogP contribution is 2.31.